The zero-order valence-corrected chi connectivity index (χ0v) is 24.5. The number of aromatic nitrogens is 1. The van der Waals surface area contributed by atoms with Crippen molar-refractivity contribution in [2.24, 2.45) is 11.8 Å². The maximum Gasteiger partial charge on any atom is 0.305 e. The van der Waals surface area contributed by atoms with Gasteiger partial charge in [0.25, 0.3) is 0 Å². The van der Waals surface area contributed by atoms with Crippen molar-refractivity contribution in [1.82, 2.24) is 9.88 Å². The van der Waals surface area contributed by atoms with E-state index in [2.05, 4.69) is 47.4 Å². The Morgan fingerprint density at radius 2 is 1.76 bits per heavy atom. The molecule has 2 aromatic carbocycles. The molecule has 42 heavy (non-hydrogen) atoms. The van der Waals surface area contributed by atoms with Gasteiger partial charge < -0.3 is 20.2 Å². The molecule has 0 radical (unpaired) electrons. The van der Waals surface area contributed by atoms with Gasteiger partial charge in [-0.2, -0.15) is 0 Å². The second-order valence-corrected chi connectivity index (χ2v) is 11.6. The van der Waals surface area contributed by atoms with Gasteiger partial charge in [-0.25, -0.2) is 0 Å². The number of unbranched alkanes of at least 4 members (excludes halogenated alkanes) is 1. The lowest BCUT2D eigenvalue weighted by molar-refractivity contribution is -0.142. The van der Waals surface area contributed by atoms with Crippen molar-refractivity contribution in [3.8, 4) is 11.1 Å². The van der Waals surface area contributed by atoms with Gasteiger partial charge in [-0.3, -0.25) is 19.4 Å². The Balaban J connectivity index is 1.45. The number of nitrogens with zero attached hydrogens (tertiary/aromatic N) is 3. The third-order valence-corrected chi connectivity index (χ3v) is 8.10. The molecular formula is C34H40N4O4. The molecule has 5 rings (SSSR count). The first-order valence-corrected chi connectivity index (χ1v) is 15.0. The molecule has 3 aromatic rings. The summed E-state index contributed by atoms with van der Waals surface area (Å²) in [6, 6.07) is 17.2. The topological polar surface area (TPSA) is 103 Å². The van der Waals surface area contributed by atoms with Crippen LogP contribution in [-0.2, 0) is 20.9 Å². The molecule has 1 unspecified atom stereocenters. The van der Waals surface area contributed by atoms with Crippen molar-refractivity contribution in [3.63, 3.8) is 0 Å². The van der Waals surface area contributed by atoms with Gasteiger partial charge >= 0.3 is 5.97 Å². The normalized spacial score (nSPS) is 15.1. The van der Waals surface area contributed by atoms with Crippen LogP contribution in [0.5, 0.6) is 0 Å². The van der Waals surface area contributed by atoms with Crippen molar-refractivity contribution in [1.29, 1.82) is 0 Å². The molecule has 2 N–H and O–H groups in total. The first-order chi connectivity index (χ1) is 20.3. The van der Waals surface area contributed by atoms with Gasteiger partial charge in [0, 0.05) is 44.4 Å². The van der Waals surface area contributed by atoms with Gasteiger partial charge in [0.1, 0.15) is 0 Å². The minimum absolute atomic E-state index is 0.0138. The van der Waals surface area contributed by atoms with E-state index in [0.717, 1.165) is 73.1 Å². The molecule has 1 aromatic heterocycles. The molecule has 2 aliphatic rings. The SMILES string of the molecule is CCCCN(C)c1ccc(-c2cccc(CN(C(=O)C3CC3)C(CC(=O)O)c3cccnc3)c2)cc1NC(=O)C1CC1. The van der Waals surface area contributed by atoms with Gasteiger partial charge in [0.2, 0.25) is 11.8 Å². The molecule has 2 saturated carbocycles. The summed E-state index contributed by atoms with van der Waals surface area (Å²) < 4.78 is 0. The first kappa shape index (κ1) is 29.3. The highest BCUT2D eigenvalue weighted by Crippen LogP contribution is 2.38. The number of rotatable bonds is 14. The first-order valence-electron chi connectivity index (χ1n) is 15.0. The fourth-order valence-electron chi connectivity index (χ4n) is 5.34. The monoisotopic (exact) mass is 568 g/mol. The molecule has 0 aliphatic heterocycles. The number of amides is 2. The Kier molecular flexibility index (Phi) is 9.20. The predicted octanol–water partition coefficient (Wildman–Crippen LogP) is 6.29. The third kappa shape index (κ3) is 7.35. The van der Waals surface area contributed by atoms with Crippen LogP contribution in [0, 0.1) is 11.8 Å². The van der Waals surface area contributed by atoms with Crippen molar-refractivity contribution in [2.75, 3.05) is 23.8 Å². The molecule has 8 nitrogen and oxygen atoms in total. The highest BCUT2D eigenvalue weighted by molar-refractivity contribution is 5.98. The number of carboxylic acids is 1. The summed E-state index contributed by atoms with van der Waals surface area (Å²) in [4.78, 5) is 46.2. The van der Waals surface area contributed by atoms with E-state index in [9.17, 15) is 19.5 Å². The fraction of sp³-hybridized carbons (Fsp3) is 0.412. The van der Waals surface area contributed by atoms with Crippen LogP contribution in [0.15, 0.2) is 67.0 Å². The zero-order chi connectivity index (χ0) is 29.6. The quantitative estimate of drug-likeness (QED) is 0.237. The average molecular weight is 569 g/mol. The Morgan fingerprint density at radius 1 is 1.00 bits per heavy atom. The predicted molar refractivity (Wildman–Crippen MR) is 164 cm³/mol. The van der Waals surface area contributed by atoms with Crippen molar-refractivity contribution in [2.45, 2.75) is 64.5 Å². The minimum Gasteiger partial charge on any atom is -0.481 e. The standard InChI is InChI=1S/C34H40N4O4/c1-3-4-17-37(2)30-15-14-27(19-29(30)36-33(41)24-10-11-24)26-8-5-7-23(18-26)22-38(34(42)25-12-13-25)31(20-32(39)40)28-9-6-16-35-21-28/h5-9,14-16,18-19,21,24-25,31H,3-4,10-13,17,20,22H2,1-2H3,(H,36,41)(H,39,40). The minimum atomic E-state index is -0.962. The number of anilines is 2. The van der Waals surface area contributed by atoms with Crippen molar-refractivity contribution < 1.29 is 19.5 Å². The van der Waals surface area contributed by atoms with Crippen molar-refractivity contribution in [3.05, 3.63) is 78.1 Å². The number of nitrogens with one attached hydrogen (secondary N) is 1. The summed E-state index contributed by atoms with van der Waals surface area (Å²) in [6.45, 7) is 3.36. The molecule has 0 saturated heterocycles. The maximum atomic E-state index is 13.5. The van der Waals surface area contributed by atoms with Crippen LogP contribution in [0.25, 0.3) is 11.1 Å². The Morgan fingerprint density at radius 3 is 2.43 bits per heavy atom. The summed E-state index contributed by atoms with van der Waals surface area (Å²) >= 11 is 0. The lowest BCUT2D eigenvalue weighted by Crippen LogP contribution is -2.36. The second-order valence-electron chi connectivity index (χ2n) is 11.6. The van der Waals surface area contributed by atoms with Gasteiger partial charge in [-0.15, -0.1) is 0 Å². The van der Waals surface area contributed by atoms with Crippen LogP contribution in [0.1, 0.15) is 69.0 Å². The smallest absolute Gasteiger partial charge is 0.305 e. The third-order valence-electron chi connectivity index (χ3n) is 8.10. The summed E-state index contributed by atoms with van der Waals surface area (Å²) in [5.41, 5.74) is 5.35. The average Bonchev–Trinajstić information content (AvgIpc) is 3.91. The van der Waals surface area contributed by atoms with E-state index >= 15 is 0 Å². The number of carbonyl (C=O) groups excluding carboxylic acids is 2. The van der Waals surface area contributed by atoms with Crippen LogP contribution >= 0.6 is 0 Å². The molecule has 2 amide bonds. The van der Waals surface area contributed by atoms with Crippen LogP contribution in [0.4, 0.5) is 11.4 Å². The number of carboxylic acid groups (broad SMARTS) is 1. The Hall–Kier alpha value is -4.20. The van der Waals surface area contributed by atoms with Crippen LogP contribution in [0.2, 0.25) is 0 Å². The van der Waals surface area contributed by atoms with E-state index in [1.165, 1.54) is 0 Å². The molecule has 1 atom stereocenters. The molecule has 0 spiro atoms. The summed E-state index contributed by atoms with van der Waals surface area (Å²) in [5, 5.41) is 12.9. The van der Waals surface area contributed by atoms with E-state index < -0.39 is 12.0 Å². The molecule has 1 heterocycles. The second kappa shape index (κ2) is 13.2. The van der Waals surface area contributed by atoms with Crippen LogP contribution in [0.3, 0.4) is 0 Å². The number of benzene rings is 2. The number of pyridine rings is 1. The van der Waals surface area contributed by atoms with Crippen molar-refractivity contribution >= 4 is 29.2 Å². The fourth-order valence-corrected chi connectivity index (χ4v) is 5.34. The van der Waals surface area contributed by atoms with Crippen LogP contribution < -0.4 is 10.2 Å². The molecule has 8 heteroatoms. The molecule has 0 bridgehead atoms. The molecular weight excluding hydrogens is 528 g/mol. The lowest BCUT2D eigenvalue weighted by Gasteiger charge is -2.32. The van der Waals surface area contributed by atoms with E-state index in [4.69, 9.17) is 0 Å². The van der Waals surface area contributed by atoms with Gasteiger partial charge in [0.05, 0.1) is 23.8 Å². The summed E-state index contributed by atoms with van der Waals surface area (Å²) in [6.07, 6.45) is 8.79. The Labute approximate surface area is 247 Å². The molecule has 220 valence electrons. The number of aliphatic carboxylic acids is 1. The number of hydrogen-bond donors (Lipinski definition) is 2. The van der Waals surface area contributed by atoms with E-state index in [1.54, 1.807) is 23.4 Å². The number of hydrogen-bond acceptors (Lipinski definition) is 5. The summed E-state index contributed by atoms with van der Waals surface area (Å²) in [5.74, 6) is -0.869. The van der Waals surface area contributed by atoms with E-state index in [-0.39, 0.29) is 30.1 Å². The summed E-state index contributed by atoms with van der Waals surface area (Å²) in [7, 11) is 2.05. The van der Waals surface area contributed by atoms with E-state index in [0.29, 0.717) is 12.1 Å². The zero-order valence-electron chi connectivity index (χ0n) is 24.5. The Bertz CT molecular complexity index is 1420. The van der Waals surface area contributed by atoms with Crippen LogP contribution in [-0.4, -0.2) is 46.4 Å². The largest absolute Gasteiger partial charge is 0.481 e. The highest BCUT2D eigenvalue weighted by atomic mass is 16.4. The maximum absolute atomic E-state index is 13.5. The number of carbonyl (C=O) groups is 3. The highest BCUT2D eigenvalue weighted by Gasteiger charge is 2.37. The molecule has 2 aliphatic carbocycles. The van der Waals surface area contributed by atoms with Gasteiger partial charge in [-0.1, -0.05) is 43.7 Å². The lowest BCUT2D eigenvalue weighted by atomic mass is 9.99. The van der Waals surface area contributed by atoms with E-state index in [1.807, 2.05) is 30.3 Å². The molecule has 2 fully saturated rings. The van der Waals surface area contributed by atoms with Gasteiger partial charge in [-0.05, 0) is 78.6 Å². The van der Waals surface area contributed by atoms with Gasteiger partial charge in [0.15, 0.2) is 0 Å².